The first kappa shape index (κ1) is 24.8. The van der Waals surface area contributed by atoms with Crippen LogP contribution in [-0.4, -0.2) is 56.8 Å². The van der Waals surface area contributed by atoms with E-state index in [1.165, 1.54) is 36.4 Å². The van der Waals surface area contributed by atoms with E-state index < -0.39 is 36.4 Å². The van der Waals surface area contributed by atoms with E-state index in [4.69, 9.17) is 28.4 Å². The molecule has 0 bridgehead atoms. The third kappa shape index (κ3) is 3.80. The van der Waals surface area contributed by atoms with Gasteiger partial charge in [0.1, 0.15) is 11.5 Å². The maximum absolute atomic E-state index is 10.2. The van der Waals surface area contributed by atoms with E-state index in [9.17, 15) is 20.4 Å². The molecule has 4 aliphatic rings. The third-order valence-corrected chi connectivity index (χ3v) is 7.27. The SMILES string of the molecule is CC1OC2(C=CC1O)Oc1c(c(-c3ccc(O)cc3)c3c(c1-c1ccc(O)cc1)OC1(C=CC(O)C(C)O1)O3)O2. The van der Waals surface area contributed by atoms with Gasteiger partial charge in [-0.2, -0.15) is 0 Å². The highest BCUT2D eigenvalue weighted by Gasteiger charge is 2.54. The number of ether oxygens (including phenoxy) is 6. The normalized spacial score (nSPS) is 26.5. The van der Waals surface area contributed by atoms with Crippen molar-refractivity contribution in [1.82, 2.24) is 0 Å². The van der Waals surface area contributed by atoms with Crippen molar-refractivity contribution in [2.45, 2.75) is 50.2 Å². The second kappa shape index (κ2) is 8.64. The standard InChI is InChI=1S/C30H26O10/c1-15-21(33)11-13-29(35-15)37-25-23(17-3-7-19(31)8-4-17)27-28(40-30(39-27)14-12-22(34)16(2)36-30)24(26(25)38-29)18-5-9-20(32)10-6-18/h3-16,21-22,31-34H,1-2H3. The Morgan fingerprint density at radius 1 is 0.550 bits per heavy atom. The molecule has 2 spiro atoms. The number of benzene rings is 3. The Balaban J connectivity index is 1.49. The summed E-state index contributed by atoms with van der Waals surface area (Å²) in [6, 6.07) is 12.9. The molecule has 7 rings (SSSR count). The molecular formula is C30H26O10. The number of aromatic hydroxyl groups is 2. The zero-order chi connectivity index (χ0) is 27.8. The Labute approximate surface area is 228 Å². The van der Waals surface area contributed by atoms with Crippen LogP contribution in [0.25, 0.3) is 22.3 Å². The van der Waals surface area contributed by atoms with Crippen molar-refractivity contribution in [2.75, 3.05) is 0 Å². The molecule has 0 aliphatic carbocycles. The zero-order valence-electron chi connectivity index (χ0n) is 21.5. The van der Waals surface area contributed by atoms with Crippen molar-refractivity contribution in [3.05, 3.63) is 72.8 Å². The second-order valence-corrected chi connectivity index (χ2v) is 10.1. The van der Waals surface area contributed by atoms with Crippen LogP contribution in [0.5, 0.6) is 34.5 Å². The predicted molar refractivity (Wildman–Crippen MR) is 140 cm³/mol. The van der Waals surface area contributed by atoms with Crippen molar-refractivity contribution in [3.8, 4) is 56.8 Å². The summed E-state index contributed by atoms with van der Waals surface area (Å²) in [5.41, 5.74) is 2.13. The fourth-order valence-electron chi connectivity index (χ4n) is 5.16. The van der Waals surface area contributed by atoms with Crippen molar-refractivity contribution in [2.24, 2.45) is 0 Å². The lowest BCUT2D eigenvalue weighted by molar-refractivity contribution is -0.284. The molecule has 0 fully saturated rings. The number of hydrogen-bond acceptors (Lipinski definition) is 10. The van der Waals surface area contributed by atoms with Crippen LogP contribution in [0.2, 0.25) is 0 Å². The lowest BCUT2D eigenvalue weighted by Gasteiger charge is -2.33. The predicted octanol–water partition coefficient (Wildman–Crippen LogP) is 3.95. The van der Waals surface area contributed by atoms with Crippen molar-refractivity contribution in [3.63, 3.8) is 0 Å². The minimum absolute atomic E-state index is 0.0720. The van der Waals surface area contributed by atoms with E-state index in [-0.39, 0.29) is 34.5 Å². The third-order valence-electron chi connectivity index (χ3n) is 7.27. The molecule has 4 N–H and O–H groups in total. The monoisotopic (exact) mass is 546 g/mol. The fraction of sp³-hybridized carbons (Fsp3) is 0.267. The van der Waals surface area contributed by atoms with Gasteiger partial charge in [-0.25, -0.2) is 0 Å². The van der Waals surface area contributed by atoms with E-state index in [0.717, 1.165) is 0 Å². The smallest absolute Gasteiger partial charge is 0.394 e. The topological polar surface area (TPSA) is 136 Å². The molecule has 0 saturated carbocycles. The molecule has 4 heterocycles. The minimum atomic E-state index is -1.68. The largest absolute Gasteiger partial charge is 0.508 e. The zero-order valence-corrected chi connectivity index (χ0v) is 21.5. The molecule has 10 heteroatoms. The molecular weight excluding hydrogens is 520 g/mol. The molecule has 3 aromatic rings. The van der Waals surface area contributed by atoms with Crippen LogP contribution in [0.4, 0.5) is 0 Å². The Hall–Kier alpha value is -4.22. The summed E-state index contributed by atoms with van der Waals surface area (Å²) >= 11 is 0. The number of aliphatic hydroxyl groups is 2. The number of phenols is 2. The maximum Gasteiger partial charge on any atom is 0.394 e. The quantitative estimate of drug-likeness (QED) is 0.350. The van der Waals surface area contributed by atoms with Crippen LogP contribution in [0.1, 0.15) is 13.8 Å². The van der Waals surface area contributed by atoms with Gasteiger partial charge in [-0.3, -0.25) is 9.47 Å². The van der Waals surface area contributed by atoms with Gasteiger partial charge in [-0.1, -0.05) is 24.3 Å². The summed E-state index contributed by atoms with van der Waals surface area (Å²) in [5.74, 6) is -2.12. The molecule has 0 saturated heterocycles. The molecule has 206 valence electrons. The summed E-state index contributed by atoms with van der Waals surface area (Å²) < 4.78 is 37.6. The lowest BCUT2D eigenvalue weighted by atomic mass is 9.95. The minimum Gasteiger partial charge on any atom is -0.508 e. The van der Waals surface area contributed by atoms with Crippen molar-refractivity contribution in [1.29, 1.82) is 0 Å². The number of fused-ring (bicyclic) bond motifs is 2. The first-order chi connectivity index (χ1) is 19.2. The Kier molecular flexibility index (Phi) is 5.35. The van der Waals surface area contributed by atoms with Gasteiger partial charge in [0.15, 0.2) is 23.0 Å². The average Bonchev–Trinajstić information content (AvgIpc) is 3.47. The van der Waals surface area contributed by atoms with Crippen LogP contribution in [-0.2, 0) is 9.47 Å². The second-order valence-electron chi connectivity index (χ2n) is 10.1. The summed E-state index contributed by atoms with van der Waals surface area (Å²) in [4.78, 5) is 0. The first-order valence-corrected chi connectivity index (χ1v) is 12.9. The van der Waals surface area contributed by atoms with Gasteiger partial charge in [-0.05, 0) is 61.4 Å². The van der Waals surface area contributed by atoms with E-state index in [1.807, 2.05) is 0 Å². The molecule has 4 aliphatic heterocycles. The molecule has 4 unspecified atom stereocenters. The highest BCUT2D eigenvalue weighted by atomic mass is 16.9. The van der Waals surface area contributed by atoms with Gasteiger partial charge in [0.2, 0.25) is 0 Å². The van der Waals surface area contributed by atoms with Gasteiger partial charge in [-0.15, -0.1) is 0 Å². The van der Waals surface area contributed by atoms with Gasteiger partial charge in [0, 0.05) is 12.2 Å². The van der Waals surface area contributed by atoms with Crippen LogP contribution < -0.4 is 18.9 Å². The van der Waals surface area contributed by atoms with Gasteiger partial charge >= 0.3 is 11.9 Å². The summed E-state index contributed by atoms with van der Waals surface area (Å²) in [5, 5.41) is 40.4. The molecule has 10 nitrogen and oxygen atoms in total. The maximum atomic E-state index is 10.2. The lowest BCUT2D eigenvalue weighted by Crippen LogP contribution is -2.48. The fourth-order valence-corrected chi connectivity index (χ4v) is 5.16. The van der Waals surface area contributed by atoms with Crippen LogP contribution in [0.15, 0.2) is 72.8 Å². The first-order valence-electron chi connectivity index (χ1n) is 12.9. The molecule has 0 amide bonds. The van der Waals surface area contributed by atoms with E-state index in [0.29, 0.717) is 22.3 Å². The number of rotatable bonds is 2. The van der Waals surface area contributed by atoms with Crippen molar-refractivity contribution < 1.29 is 48.8 Å². The summed E-state index contributed by atoms with van der Waals surface area (Å²) in [6.07, 6.45) is 3.13. The number of phenolic OH excluding ortho intramolecular Hbond substituents is 2. The average molecular weight is 547 g/mol. The van der Waals surface area contributed by atoms with Gasteiger partial charge in [0.05, 0.1) is 35.5 Å². The highest BCUT2D eigenvalue weighted by Crippen LogP contribution is 2.64. The summed E-state index contributed by atoms with van der Waals surface area (Å²) in [6.45, 7) is 3.40. The number of hydrogen-bond donors (Lipinski definition) is 4. The van der Waals surface area contributed by atoms with Crippen molar-refractivity contribution >= 4 is 0 Å². The summed E-state index contributed by atoms with van der Waals surface area (Å²) in [7, 11) is 0. The van der Waals surface area contributed by atoms with E-state index >= 15 is 0 Å². The van der Waals surface area contributed by atoms with Crippen LogP contribution >= 0.6 is 0 Å². The highest BCUT2D eigenvalue weighted by molar-refractivity contribution is 5.94. The van der Waals surface area contributed by atoms with Gasteiger partial charge < -0.3 is 39.4 Å². The van der Waals surface area contributed by atoms with Crippen LogP contribution in [0, 0.1) is 0 Å². The van der Waals surface area contributed by atoms with Crippen LogP contribution in [0.3, 0.4) is 0 Å². The Morgan fingerprint density at radius 3 is 1.18 bits per heavy atom. The number of aliphatic hydroxyl groups excluding tert-OH is 2. The molecule has 3 aromatic carbocycles. The Bertz CT molecular complexity index is 1390. The molecule has 0 radical (unpaired) electrons. The van der Waals surface area contributed by atoms with E-state index in [1.54, 1.807) is 50.3 Å². The molecule has 4 atom stereocenters. The van der Waals surface area contributed by atoms with Gasteiger partial charge in [0.25, 0.3) is 0 Å². The molecule has 0 aromatic heterocycles. The molecule has 40 heavy (non-hydrogen) atoms. The van der Waals surface area contributed by atoms with E-state index in [2.05, 4.69) is 0 Å². The Morgan fingerprint density at radius 2 is 0.875 bits per heavy atom.